The van der Waals surface area contributed by atoms with E-state index in [1.807, 2.05) is 0 Å². The minimum Gasteiger partial charge on any atom is -0.497 e. The van der Waals surface area contributed by atoms with Crippen molar-refractivity contribution in [1.29, 1.82) is 0 Å². The lowest BCUT2D eigenvalue weighted by atomic mass is 10.1. The van der Waals surface area contributed by atoms with Gasteiger partial charge in [0.05, 0.1) is 19.1 Å². The topological polar surface area (TPSA) is 96.0 Å². The van der Waals surface area contributed by atoms with Crippen LogP contribution >= 0.6 is 0 Å². The minimum absolute atomic E-state index is 0.0199. The maximum atomic E-state index is 13.7. The third-order valence-corrected chi connectivity index (χ3v) is 6.00. The zero-order valence-electron chi connectivity index (χ0n) is 19.4. The van der Waals surface area contributed by atoms with Crippen LogP contribution in [0.15, 0.2) is 48.5 Å². The van der Waals surface area contributed by atoms with Crippen LogP contribution in [0.25, 0.3) is 0 Å². The van der Waals surface area contributed by atoms with Crippen molar-refractivity contribution in [3.8, 4) is 5.75 Å². The number of rotatable bonds is 10. The molecular weight excluding hydrogens is 449 g/mol. The number of carbonyl (C=O) groups excluding carboxylic acids is 2. The predicted octanol–water partition coefficient (Wildman–Crippen LogP) is 2.54. The van der Waals surface area contributed by atoms with Gasteiger partial charge in [-0.1, -0.05) is 18.2 Å². The highest BCUT2D eigenvalue weighted by atomic mass is 32.2. The first-order valence-corrected chi connectivity index (χ1v) is 12.2. The van der Waals surface area contributed by atoms with Gasteiger partial charge in [-0.25, -0.2) is 12.8 Å². The highest BCUT2D eigenvalue weighted by Gasteiger charge is 2.30. The molecule has 1 atom stereocenters. The molecule has 8 nitrogen and oxygen atoms in total. The lowest BCUT2D eigenvalue weighted by molar-refractivity contribution is -0.139. The normalized spacial score (nSPS) is 12.2. The Balaban J connectivity index is 2.40. The summed E-state index contributed by atoms with van der Waals surface area (Å²) in [5.41, 5.74) is 0.718. The van der Waals surface area contributed by atoms with Gasteiger partial charge in [-0.3, -0.25) is 13.9 Å². The predicted molar refractivity (Wildman–Crippen MR) is 125 cm³/mol. The lowest BCUT2D eigenvalue weighted by Crippen LogP contribution is -2.52. The average molecular weight is 480 g/mol. The Morgan fingerprint density at radius 2 is 1.76 bits per heavy atom. The fraction of sp³-hybridized carbons (Fsp3) is 0.391. The fourth-order valence-corrected chi connectivity index (χ4v) is 4.04. The molecule has 0 bridgehead atoms. The monoisotopic (exact) mass is 479 g/mol. The Labute approximate surface area is 194 Å². The van der Waals surface area contributed by atoms with Crippen LogP contribution in [0.3, 0.4) is 0 Å². The van der Waals surface area contributed by atoms with E-state index in [-0.39, 0.29) is 24.2 Å². The third-order valence-electron chi connectivity index (χ3n) is 4.86. The third kappa shape index (κ3) is 7.45. The van der Waals surface area contributed by atoms with Gasteiger partial charge in [0.25, 0.3) is 0 Å². The summed E-state index contributed by atoms with van der Waals surface area (Å²) in [6.07, 6.45) is 0.937. The van der Waals surface area contributed by atoms with E-state index in [1.54, 1.807) is 45.0 Å². The Kier molecular flexibility index (Phi) is 8.81. The van der Waals surface area contributed by atoms with Crippen molar-refractivity contribution in [2.45, 2.75) is 39.4 Å². The standard InChI is InChI=1S/C23H30FN3O5S/c1-16(2)25-23(29)17(3)26(14-18-8-6-11-21(12-18)32-4)22(28)15-27(33(5,30)31)20-10-7-9-19(24)13-20/h6-13,16-17H,14-15H2,1-5H3,(H,25,29)/t17-/m0/s1. The summed E-state index contributed by atoms with van der Waals surface area (Å²) in [6, 6.07) is 11.0. The van der Waals surface area contributed by atoms with Crippen molar-refractivity contribution in [3.63, 3.8) is 0 Å². The van der Waals surface area contributed by atoms with Gasteiger partial charge in [0.2, 0.25) is 21.8 Å². The summed E-state index contributed by atoms with van der Waals surface area (Å²) in [5.74, 6) is -1.04. The average Bonchev–Trinajstić information content (AvgIpc) is 2.74. The van der Waals surface area contributed by atoms with Gasteiger partial charge in [0, 0.05) is 12.6 Å². The van der Waals surface area contributed by atoms with E-state index in [0.29, 0.717) is 11.3 Å². The zero-order valence-corrected chi connectivity index (χ0v) is 20.2. The Bertz CT molecular complexity index is 1090. The van der Waals surface area contributed by atoms with Gasteiger partial charge < -0.3 is 15.0 Å². The molecular formula is C23H30FN3O5S. The largest absolute Gasteiger partial charge is 0.497 e. The number of nitrogens with one attached hydrogen (secondary N) is 1. The second kappa shape index (κ2) is 11.1. The summed E-state index contributed by atoms with van der Waals surface area (Å²) < 4.78 is 44.7. The van der Waals surface area contributed by atoms with Crippen LogP contribution in [-0.2, 0) is 26.2 Å². The molecule has 0 aromatic heterocycles. The summed E-state index contributed by atoms with van der Waals surface area (Å²) in [7, 11) is -2.40. The first kappa shape index (κ1) is 26.1. The second-order valence-corrected chi connectivity index (χ2v) is 9.87. The molecule has 180 valence electrons. The number of nitrogens with zero attached hydrogens (tertiary/aromatic N) is 2. The quantitative estimate of drug-likeness (QED) is 0.565. The molecule has 2 rings (SSSR count). The van der Waals surface area contributed by atoms with Crippen LogP contribution in [0.5, 0.6) is 5.75 Å². The van der Waals surface area contributed by atoms with E-state index < -0.39 is 34.3 Å². The van der Waals surface area contributed by atoms with Crippen LogP contribution in [0, 0.1) is 5.82 Å². The lowest BCUT2D eigenvalue weighted by Gasteiger charge is -2.32. The van der Waals surface area contributed by atoms with Crippen LogP contribution in [0.1, 0.15) is 26.3 Å². The molecule has 10 heteroatoms. The van der Waals surface area contributed by atoms with Crippen LogP contribution in [0.2, 0.25) is 0 Å². The van der Waals surface area contributed by atoms with Gasteiger partial charge in [-0.15, -0.1) is 0 Å². The molecule has 0 aliphatic carbocycles. The number of carbonyl (C=O) groups is 2. The van der Waals surface area contributed by atoms with Crippen molar-refractivity contribution in [2.24, 2.45) is 0 Å². The highest BCUT2D eigenvalue weighted by Crippen LogP contribution is 2.21. The number of halogens is 1. The van der Waals surface area contributed by atoms with Crippen molar-refractivity contribution in [3.05, 3.63) is 59.9 Å². The maximum Gasteiger partial charge on any atom is 0.244 e. The van der Waals surface area contributed by atoms with E-state index in [4.69, 9.17) is 4.74 Å². The van der Waals surface area contributed by atoms with Crippen molar-refractivity contribution < 1.29 is 27.1 Å². The Morgan fingerprint density at radius 3 is 2.33 bits per heavy atom. The minimum atomic E-state index is -3.91. The number of sulfonamides is 1. The Morgan fingerprint density at radius 1 is 1.09 bits per heavy atom. The molecule has 0 spiro atoms. The number of hydrogen-bond acceptors (Lipinski definition) is 5. The summed E-state index contributed by atoms with van der Waals surface area (Å²) in [4.78, 5) is 27.4. The molecule has 0 heterocycles. The van der Waals surface area contributed by atoms with E-state index >= 15 is 0 Å². The molecule has 2 amide bonds. The molecule has 0 saturated heterocycles. The molecule has 0 aliphatic rings. The summed E-state index contributed by atoms with van der Waals surface area (Å²) in [5, 5.41) is 2.77. The molecule has 2 aromatic carbocycles. The molecule has 0 fully saturated rings. The molecule has 1 N–H and O–H groups in total. The second-order valence-electron chi connectivity index (χ2n) is 7.96. The van der Waals surface area contributed by atoms with E-state index in [0.717, 1.165) is 16.6 Å². The highest BCUT2D eigenvalue weighted by molar-refractivity contribution is 7.92. The SMILES string of the molecule is COc1cccc(CN(C(=O)CN(c2cccc(F)c2)S(C)(=O)=O)[C@@H](C)C(=O)NC(C)C)c1. The van der Waals surface area contributed by atoms with Crippen LogP contribution < -0.4 is 14.4 Å². The number of hydrogen-bond donors (Lipinski definition) is 1. The first-order chi connectivity index (χ1) is 15.4. The maximum absolute atomic E-state index is 13.7. The van der Waals surface area contributed by atoms with Gasteiger partial charge in [0.1, 0.15) is 24.2 Å². The summed E-state index contributed by atoms with van der Waals surface area (Å²) >= 11 is 0. The molecule has 2 aromatic rings. The van der Waals surface area contributed by atoms with Crippen molar-refractivity contribution in [2.75, 3.05) is 24.2 Å². The van der Waals surface area contributed by atoms with Gasteiger partial charge in [0.15, 0.2) is 0 Å². The summed E-state index contributed by atoms with van der Waals surface area (Å²) in [6.45, 7) is 4.63. The molecule has 33 heavy (non-hydrogen) atoms. The van der Waals surface area contributed by atoms with Crippen LogP contribution in [-0.4, -0.2) is 57.1 Å². The van der Waals surface area contributed by atoms with Gasteiger partial charge in [-0.2, -0.15) is 0 Å². The van der Waals surface area contributed by atoms with Crippen molar-refractivity contribution in [1.82, 2.24) is 10.2 Å². The van der Waals surface area contributed by atoms with Gasteiger partial charge in [-0.05, 0) is 56.7 Å². The smallest absolute Gasteiger partial charge is 0.244 e. The first-order valence-electron chi connectivity index (χ1n) is 10.4. The number of ether oxygens (including phenoxy) is 1. The molecule has 0 radical (unpaired) electrons. The van der Waals surface area contributed by atoms with Crippen molar-refractivity contribution >= 4 is 27.5 Å². The van der Waals surface area contributed by atoms with E-state index in [1.165, 1.54) is 30.2 Å². The number of anilines is 1. The number of methoxy groups -OCH3 is 1. The number of amides is 2. The van der Waals surface area contributed by atoms with Crippen LogP contribution in [0.4, 0.5) is 10.1 Å². The molecule has 0 saturated carbocycles. The van der Waals surface area contributed by atoms with E-state index in [2.05, 4.69) is 5.32 Å². The zero-order chi connectivity index (χ0) is 24.8. The van der Waals surface area contributed by atoms with Gasteiger partial charge >= 0.3 is 0 Å². The van der Waals surface area contributed by atoms with E-state index in [9.17, 15) is 22.4 Å². The fourth-order valence-electron chi connectivity index (χ4n) is 3.20. The molecule has 0 aliphatic heterocycles. The number of benzene rings is 2. The molecule has 0 unspecified atom stereocenters. The Hall–Kier alpha value is -3.14.